The smallest absolute Gasteiger partial charge is 0.267 e. The highest BCUT2D eigenvalue weighted by atomic mass is 16.6. The van der Waals surface area contributed by atoms with Crippen LogP contribution in [0, 0.1) is 10.1 Å². The summed E-state index contributed by atoms with van der Waals surface area (Å²) in [4.78, 5) is 26.0. The number of pyridine rings is 1. The van der Waals surface area contributed by atoms with E-state index in [1.165, 1.54) is 24.3 Å². The minimum atomic E-state index is -0.523. The lowest BCUT2D eigenvalue weighted by Crippen LogP contribution is -2.19. The van der Waals surface area contributed by atoms with Crippen LogP contribution in [0.1, 0.15) is 23.0 Å². The van der Waals surface area contributed by atoms with Crippen molar-refractivity contribution in [1.29, 1.82) is 0 Å². The normalized spacial score (nSPS) is 11.0. The van der Waals surface area contributed by atoms with Crippen molar-refractivity contribution in [3.8, 4) is 0 Å². The summed E-state index contributed by atoms with van der Waals surface area (Å²) in [5.41, 5.74) is 3.82. The highest BCUT2D eigenvalue weighted by molar-refractivity contribution is 5.99. The molecular formula is C14H12N4O3. The molecule has 0 spiro atoms. The zero-order valence-electron chi connectivity index (χ0n) is 11.2. The molecule has 0 atom stereocenters. The van der Waals surface area contributed by atoms with E-state index >= 15 is 0 Å². The van der Waals surface area contributed by atoms with Crippen molar-refractivity contribution in [2.75, 3.05) is 0 Å². The summed E-state index contributed by atoms with van der Waals surface area (Å²) in [6.07, 6.45) is 1.63. The Morgan fingerprint density at radius 3 is 2.52 bits per heavy atom. The van der Waals surface area contributed by atoms with Crippen LogP contribution in [-0.4, -0.2) is 21.5 Å². The molecule has 21 heavy (non-hydrogen) atoms. The summed E-state index contributed by atoms with van der Waals surface area (Å²) in [6.45, 7) is 1.72. The standard InChI is InChI=1S/C14H12N4O3/c1-10(13-4-2-3-9-15-13)16-17-14(19)11-5-7-12(8-6-11)18(20)21/h2-9H,1H3,(H,17,19)/b16-10+. The maximum atomic E-state index is 11.9. The topological polar surface area (TPSA) is 97.5 Å². The van der Waals surface area contributed by atoms with Crippen molar-refractivity contribution in [1.82, 2.24) is 10.4 Å². The monoisotopic (exact) mass is 284 g/mol. The first-order chi connectivity index (χ1) is 10.1. The number of non-ortho nitro benzene ring substituents is 1. The number of hydrogen-bond donors (Lipinski definition) is 1. The second-order valence-corrected chi connectivity index (χ2v) is 4.16. The van der Waals surface area contributed by atoms with Crippen molar-refractivity contribution >= 4 is 17.3 Å². The number of carbonyl (C=O) groups excluding carboxylic acids is 1. The van der Waals surface area contributed by atoms with E-state index in [1.807, 2.05) is 6.07 Å². The number of nitrogens with zero attached hydrogens (tertiary/aromatic N) is 3. The molecule has 0 saturated heterocycles. The lowest BCUT2D eigenvalue weighted by atomic mass is 10.2. The second kappa shape index (κ2) is 6.38. The Bertz CT molecular complexity index is 681. The average molecular weight is 284 g/mol. The number of carbonyl (C=O) groups is 1. The molecule has 7 heteroatoms. The molecule has 0 radical (unpaired) electrons. The van der Waals surface area contributed by atoms with E-state index in [2.05, 4.69) is 15.5 Å². The Morgan fingerprint density at radius 2 is 1.95 bits per heavy atom. The van der Waals surface area contributed by atoms with E-state index < -0.39 is 10.8 Å². The molecule has 7 nitrogen and oxygen atoms in total. The molecule has 1 amide bonds. The molecule has 0 bridgehead atoms. The minimum absolute atomic E-state index is 0.0697. The van der Waals surface area contributed by atoms with Gasteiger partial charge in [0.15, 0.2) is 0 Å². The van der Waals surface area contributed by atoms with E-state index in [9.17, 15) is 14.9 Å². The van der Waals surface area contributed by atoms with E-state index in [4.69, 9.17) is 0 Å². The largest absolute Gasteiger partial charge is 0.271 e. The van der Waals surface area contributed by atoms with Gasteiger partial charge in [0.2, 0.25) is 0 Å². The van der Waals surface area contributed by atoms with Crippen LogP contribution >= 0.6 is 0 Å². The zero-order valence-corrected chi connectivity index (χ0v) is 11.2. The van der Waals surface area contributed by atoms with Crippen LogP contribution in [0.4, 0.5) is 5.69 Å². The number of nitrogens with one attached hydrogen (secondary N) is 1. The third-order valence-electron chi connectivity index (χ3n) is 2.70. The Kier molecular flexibility index (Phi) is 4.35. The van der Waals surface area contributed by atoms with Gasteiger partial charge in [-0.05, 0) is 31.2 Å². The van der Waals surface area contributed by atoms with Gasteiger partial charge < -0.3 is 0 Å². The van der Waals surface area contributed by atoms with E-state index in [1.54, 1.807) is 25.3 Å². The van der Waals surface area contributed by atoms with Gasteiger partial charge >= 0.3 is 0 Å². The Balaban J connectivity index is 2.06. The molecule has 0 aliphatic carbocycles. The molecular weight excluding hydrogens is 272 g/mol. The minimum Gasteiger partial charge on any atom is -0.267 e. The maximum Gasteiger partial charge on any atom is 0.271 e. The van der Waals surface area contributed by atoms with Crippen LogP contribution in [0.25, 0.3) is 0 Å². The number of nitro groups is 1. The van der Waals surface area contributed by atoms with E-state index in [-0.39, 0.29) is 11.3 Å². The first-order valence-electron chi connectivity index (χ1n) is 6.08. The van der Waals surface area contributed by atoms with Gasteiger partial charge in [0.25, 0.3) is 11.6 Å². The summed E-state index contributed by atoms with van der Waals surface area (Å²) in [5, 5.41) is 14.5. The van der Waals surface area contributed by atoms with Crippen LogP contribution in [0.15, 0.2) is 53.8 Å². The molecule has 1 aromatic heterocycles. The predicted octanol–water partition coefficient (Wildman–Crippen LogP) is 2.14. The number of benzene rings is 1. The Hall–Kier alpha value is -3.09. The van der Waals surface area contributed by atoms with Gasteiger partial charge in [-0.1, -0.05) is 6.07 Å². The molecule has 2 rings (SSSR count). The van der Waals surface area contributed by atoms with Crippen molar-refractivity contribution in [3.63, 3.8) is 0 Å². The SMILES string of the molecule is C/C(=N\NC(=O)c1ccc([N+](=O)[O-])cc1)c1ccccn1. The zero-order chi connectivity index (χ0) is 15.2. The van der Waals surface area contributed by atoms with Crippen molar-refractivity contribution in [2.45, 2.75) is 6.92 Å². The van der Waals surface area contributed by atoms with Gasteiger partial charge in [0.1, 0.15) is 0 Å². The van der Waals surface area contributed by atoms with Crippen LogP contribution in [0.3, 0.4) is 0 Å². The molecule has 1 aromatic carbocycles. The van der Waals surface area contributed by atoms with Gasteiger partial charge in [0, 0.05) is 23.9 Å². The maximum absolute atomic E-state index is 11.9. The molecule has 0 unspecified atom stereocenters. The van der Waals surface area contributed by atoms with Gasteiger partial charge in [-0.2, -0.15) is 5.10 Å². The quantitative estimate of drug-likeness (QED) is 0.528. The molecule has 2 aromatic rings. The fourth-order valence-corrected chi connectivity index (χ4v) is 1.57. The third kappa shape index (κ3) is 3.69. The molecule has 1 heterocycles. The average Bonchev–Trinajstić information content (AvgIpc) is 2.53. The van der Waals surface area contributed by atoms with Crippen LogP contribution in [-0.2, 0) is 0 Å². The van der Waals surface area contributed by atoms with Crippen molar-refractivity contribution in [2.24, 2.45) is 5.10 Å². The summed E-state index contributed by atoms with van der Waals surface area (Å²) in [6, 6.07) is 10.7. The number of aromatic nitrogens is 1. The fourth-order valence-electron chi connectivity index (χ4n) is 1.57. The second-order valence-electron chi connectivity index (χ2n) is 4.16. The molecule has 0 fully saturated rings. The van der Waals surface area contributed by atoms with Gasteiger partial charge in [-0.3, -0.25) is 19.9 Å². The van der Waals surface area contributed by atoms with Crippen LogP contribution in [0.5, 0.6) is 0 Å². The summed E-state index contributed by atoms with van der Waals surface area (Å²) < 4.78 is 0. The van der Waals surface area contributed by atoms with Crippen molar-refractivity contribution < 1.29 is 9.72 Å². The number of nitro benzene ring substituents is 1. The van der Waals surface area contributed by atoms with Gasteiger partial charge in [0.05, 0.1) is 16.3 Å². The number of hydrazone groups is 1. The summed E-state index contributed by atoms with van der Waals surface area (Å²) in [7, 11) is 0. The summed E-state index contributed by atoms with van der Waals surface area (Å²) >= 11 is 0. The van der Waals surface area contributed by atoms with E-state index in [0.717, 1.165) is 0 Å². The fraction of sp³-hybridized carbons (Fsp3) is 0.0714. The highest BCUT2D eigenvalue weighted by Gasteiger charge is 2.09. The van der Waals surface area contributed by atoms with Crippen LogP contribution in [0.2, 0.25) is 0 Å². The molecule has 0 aliphatic rings. The highest BCUT2D eigenvalue weighted by Crippen LogP contribution is 2.11. The first kappa shape index (κ1) is 14.3. The van der Waals surface area contributed by atoms with Gasteiger partial charge in [-0.25, -0.2) is 5.43 Å². The lowest BCUT2D eigenvalue weighted by Gasteiger charge is -2.02. The Labute approximate surface area is 120 Å². The number of amides is 1. The van der Waals surface area contributed by atoms with Crippen molar-refractivity contribution in [3.05, 3.63) is 70.0 Å². The van der Waals surface area contributed by atoms with Gasteiger partial charge in [-0.15, -0.1) is 0 Å². The lowest BCUT2D eigenvalue weighted by molar-refractivity contribution is -0.384. The molecule has 106 valence electrons. The summed E-state index contributed by atoms with van der Waals surface area (Å²) in [5.74, 6) is -0.444. The number of hydrogen-bond acceptors (Lipinski definition) is 5. The van der Waals surface area contributed by atoms with E-state index in [0.29, 0.717) is 11.4 Å². The Morgan fingerprint density at radius 1 is 1.24 bits per heavy atom. The first-order valence-corrected chi connectivity index (χ1v) is 6.08. The molecule has 0 saturated carbocycles. The van der Waals surface area contributed by atoms with Crippen LogP contribution < -0.4 is 5.43 Å². The number of rotatable bonds is 4. The molecule has 1 N–H and O–H groups in total. The predicted molar refractivity (Wildman–Crippen MR) is 77.0 cm³/mol. The third-order valence-corrected chi connectivity index (χ3v) is 2.70. The molecule has 0 aliphatic heterocycles.